The third-order valence-electron chi connectivity index (χ3n) is 3.75. The maximum atomic E-state index is 4.84. The smallest absolute Gasteiger partial charge is 0.139 e. The number of hydrogen-bond acceptors (Lipinski definition) is 3. The van der Waals surface area contributed by atoms with Gasteiger partial charge in [0.1, 0.15) is 17.2 Å². The van der Waals surface area contributed by atoms with Gasteiger partial charge in [-0.3, -0.25) is 4.40 Å². The standard InChI is InChI=1S/C19H25N3S.ClH/c1-18(2,3)13-19(4,5)21-17-16(14-9-11-23-12-14)20-15-8-6-7-10-22(15)17;/h6-12,21H,13H2,1-5H3;1H. The summed E-state index contributed by atoms with van der Waals surface area (Å²) in [5.74, 6) is 1.08. The molecule has 130 valence electrons. The molecule has 0 atom stereocenters. The minimum Gasteiger partial charge on any atom is -0.364 e. The molecule has 0 spiro atoms. The lowest BCUT2D eigenvalue weighted by Crippen LogP contribution is -2.36. The van der Waals surface area contributed by atoms with Crippen LogP contribution < -0.4 is 5.32 Å². The number of fused-ring (bicyclic) bond motifs is 1. The Balaban J connectivity index is 0.00000208. The summed E-state index contributed by atoms with van der Waals surface area (Å²) < 4.78 is 2.15. The molecule has 0 aliphatic rings. The highest BCUT2D eigenvalue weighted by Gasteiger charge is 2.27. The van der Waals surface area contributed by atoms with Crippen LogP contribution in [0.4, 0.5) is 5.82 Å². The number of hydrogen-bond donors (Lipinski definition) is 1. The topological polar surface area (TPSA) is 29.3 Å². The zero-order valence-electron chi connectivity index (χ0n) is 15.0. The molecular formula is C19H26ClN3S. The lowest BCUT2D eigenvalue weighted by atomic mass is 9.82. The van der Waals surface area contributed by atoms with Crippen LogP contribution in [-0.4, -0.2) is 14.9 Å². The normalized spacial score (nSPS) is 12.2. The predicted molar refractivity (Wildman–Crippen MR) is 108 cm³/mol. The predicted octanol–water partition coefficient (Wildman–Crippen LogP) is 6.11. The molecule has 3 nitrogen and oxygen atoms in total. The van der Waals surface area contributed by atoms with E-state index in [1.807, 2.05) is 12.1 Å². The average molecular weight is 364 g/mol. The first-order valence-electron chi connectivity index (χ1n) is 8.03. The molecule has 5 heteroatoms. The highest BCUT2D eigenvalue weighted by atomic mass is 35.5. The molecule has 0 radical (unpaired) electrons. The summed E-state index contributed by atoms with van der Waals surface area (Å²) in [5.41, 5.74) is 3.42. The SMILES string of the molecule is CC(C)(C)CC(C)(C)Nc1c(-c2ccsc2)nc2ccccn12.Cl. The highest BCUT2D eigenvalue weighted by Crippen LogP contribution is 2.35. The van der Waals surface area contributed by atoms with Crippen molar-refractivity contribution in [2.75, 3.05) is 5.32 Å². The van der Waals surface area contributed by atoms with Crippen molar-refractivity contribution in [1.29, 1.82) is 0 Å². The summed E-state index contributed by atoms with van der Waals surface area (Å²) in [6, 6.07) is 8.27. The van der Waals surface area contributed by atoms with Gasteiger partial charge >= 0.3 is 0 Å². The van der Waals surface area contributed by atoms with E-state index < -0.39 is 0 Å². The van der Waals surface area contributed by atoms with Gasteiger partial charge in [-0.05, 0) is 49.3 Å². The molecule has 0 aliphatic heterocycles. The quantitative estimate of drug-likeness (QED) is 0.605. The summed E-state index contributed by atoms with van der Waals surface area (Å²) in [6.45, 7) is 11.4. The van der Waals surface area contributed by atoms with E-state index in [1.54, 1.807) is 11.3 Å². The average Bonchev–Trinajstić information content (AvgIpc) is 3.03. The number of nitrogens with one attached hydrogen (secondary N) is 1. The van der Waals surface area contributed by atoms with Crippen LogP contribution in [0.5, 0.6) is 0 Å². The van der Waals surface area contributed by atoms with Crippen LogP contribution in [0, 0.1) is 5.41 Å². The maximum Gasteiger partial charge on any atom is 0.139 e. The number of thiophene rings is 1. The van der Waals surface area contributed by atoms with Crippen molar-refractivity contribution in [2.45, 2.75) is 46.6 Å². The van der Waals surface area contributed by atoms with E-state index in [9.17, 15) is 0 Å². The third-order valence-corrected chi connectivity index (χ3v) is 4.44. The largest absolute Gasteiger partial charge is 0.364 e. The second-order valence-electron chi connectivity index (χ2n) is 8.00. The van der Waals surface area contributed by atoms with Gasteiger partial charge in [-0.2, -0.15) is 11.3 Å². The lowest BCUT2D eigenvalue weighted by Gasteiger charge is -2.34. The summed E-state index contributed by atoms with van der Waals surface area (Å²) in [4.78, 5) is 4.84. The Labute approximate surface area is 154 Å². The van der Waals surface area contributed by atoms with E-state index in [1.165, 1.54) is 5.56 Å². The van der Waals surface area contributed by atoms with Crippen molar-refractivity contribution in [3.63, 3.8) is 0 Å². The minimum atomic E-state index is -0.0190. The van der Waals surface area contributed by atoms with Crippen LogP contribution in [0.25, 0.3) is 16.9 Å². The molecule has 1 N–H and O–H groups in total. The fourth-order valence-corrected chi connectivity index (χ4v) is 4.05. The summed E-state index contributed by atoms with van der Waals surface area (Å²) in [5, 5.41) is 8.02. The first-order chi connectivity index (χ1) is 10.8. The highest BCUT2D eigenvalue weighted by molar-refractivity contribution is 7.08. The van der Waals surface area contributed by atoms with Crippen molar-refractivity contribution < 1.29 is 0 Å². The minimum absolute atomic E-state index is 0. The summed E-state index contributed by atoms with van der Waals surface area (Å²) >= 11 is 1.70. The van der Waals surface area contributed by atoms with E-state index in [2.05, 4.69) is 73.4 Å². The maximum absolute atomic E-state index is 4.84. The molecule has 3 aromatic heterocycles. The van der Waals surface area contributed by atoms with E-state index in [0.717, 1.165) is 23.6 Å². The molecule has 0 unspecified atom stereocenters. The van der Waals surface area contributed by atoms with Crippen LogP contribution in [-0.2, 0) is 0 Å². The molecule has 0 bridgehead atoms. The molecule has 3 rings (SSSR count). The zero-order chi connectivity index (χ0) is 16.7. The van der Waals surface area contributed by atoms with Gasteiger partial charge in [0.25, 0.3) is 0 Å². The Morgan fingerprint density at radius 3 is 2.50 bits per heavy atom. The van der Waals surface area contributed by atoms with Gasteiger partial charge in [0.15, 0.2) is 0 Å². The first kappa shape index (κ1) is 18.8. The van der Waals surface area contributed by atoms with Gasteiger partial charge in [-0.25, -0.2) is 4.98 Å². The molecule has 0 aliphatic carbocycles. The van der Waals surface area contributed by atoms with Crippen LogP contribution in [0.3, 0.4) is 0 Å². The lowest BCUT2D eigenvalue weighted by molar-refractivity contribution is 0.302. The third kappa shape index (κ3) is 4.11. The Bertz CT molecular complexity index is 798. The van der Waals surface area contributed by atoms with Gasteiger partial charge in [0.05, 0.1) is 0 Å². The van der Waals surface area contributed by atoms with Crippen molar-refractivity contribution >= 4 is 35.2 Å². The van der Waals surface area contributed by atoms with Crippen LogP contribution in [0.15, 0.2) is 41.2 Å². The van der Waals surface area contributed by atoms with Gasteiger partial charge in [0.2, 0.25) is 0 Å². The number of halogens is 1. The van der Waals surface area contributed by atoms with Gasteiger partial charge in [-0.15, -0.1) is 12.4 Å². The number of rotatable bonds is 4. The fraction of sp³-hybridized carbons (Fsp3) is 0.421. The Morgan fingerprint density at radius 1 is 1.12 bits per heavy atom. The second kappa shape index (κ2) is 6.77. The Hall–Kier alpha value is -1.52. The van der Waals surface area contributed by atoms with E-state index in [4.69, 9.17) is 4.98 Å². The number of anilines is 1. The van der Waals surface area contributed by atoms with Crippen molar-refractivity contribution in [3.8, 4) is 11.3 Å². The number of imidazole rings is 1. The van der Waals surface area contributed by atoms with Gasteiger partial charge in [-0.1, -0.05) is 26.8 Å². The molecule has 24 heavy (non-hydrogen) atoms. The van der Waals surface area contributed by atoms with E-state index >= 15 is 0 Å². The number of nitrogens with zero attached hydrogens (tertiary/aromatic N) is 2. The molecule has 0 aromatic carbocycles. The summed E-state index contributed by atoms with van der Waals surface area (Å²) in [6.07, 6.45) is 3.15. The van der Waals surface area contributed by atoms with Crippen LogP contribution >= 0.6 is 23.7 Å². The number of pyridine rings is 1. The van der Waals surface area contributed by atoms with Crippen molar-refractivity contribution in [1.82, 2.24) is 9.38 Å². The van der Waals surface area contributed by atoms with Gasteiger partial charge in [0, 0.05) is 22.7 Å². The molecule has 3 heterocycles. The summed E-state index contributed by atoms with van der Waals surface area (Å²) in [7, 11) is 0. The van der Waals surface area contributed by atoms with E-state index in [-0.39, 0.29) is 23.4 Å². The number of aromatic nitrogens is 2. The molecule has 0 saturated heterocycles. The monoisotopic (exact) mass is 363 g/mol. The van der Waals surface area contributed by atoms with Crippen molar-refractivity contribution in [3.05, 3.63) is 41.2 Å². The zero-order valence-corrected chi connectivity index (χ0v) is 16.6. The Kier molecular flexibility index (Phi) is 5.31. The van der Waals surface area contributed by atoms with Crippen molar-refractivity contribution in [2.24, 2.45) is 5.41 Å². The molecule has 0 amide bonds. The molecule has 0 fully saturated rings. The molecule has 3 aromatic rings. The fourth-order valence-electron chi connectivity index (χ4n) is 3.41. The second-order valence-corrected chi connectivity index (χ2v) is 8.78. The van der Waals surface area contributed by atoms with E-state index in [0.29, 0.717) is 0 Å². The molecular weight excluding hydrogens is 338 g/mol. The van der Waals surface area contributed by atoms with Crippen LogP contribution in [0.1, 0.15) is 41.0 Å². The Morgan fingerprint density at radius 2 is 1.88 bits per heavy atom. The van der Waals surface area contributed by atoms with Gasteiger partial charge < -0.3 is 5.32 Å². The molecule has 0 saturated carbocycles. The van der Waals surface area contributed by atoms with Crippen LogP contribution in [0.2, 0.25) is 0 Å². The first-order valence-corrected chi connectivity index (χ1v) is 8.97.